The number of carbonyl (C=O) groups is 1. The summed E-state index contributed by atoms with van der Waals surface area (Å²) in [5, 5.41) is 8.81. The fraction of sp³-hybridized carbons (Fsp3) is 0.300. The number of likely N-dealkylation sites (tertiary alicyclic amines) is 1. The van der Waals surface area contributed by atoms with Crippen LogP contribution in [0.25, 0.3) is 0 Å². The molecule has 0 radical (unpaired) electrons. The molecule has 1 heterocycles. The zero-order valence-electron chi connectivity index (χ0n) is 15.0. The second-order valence-corrected chi connectivity index (χ2v) is 8.19. The highest BCUT2D eigenvalue weighted by Crippen LogP contribution is 2.25. The Morgan fingerprint density at radius 3 is 2.44 bits per heavy atom. The van der Waals surface area contributed by atoms with E-state index < -0.39 is 10.1 Å². The molecule has 3 rings (SSSR count). The van der Waals surface area contributed by atoms with Crippen LogP contribution in [-0.2, 0) is 10.1 Å². The van der Waals surface area contributed by atoms with Crippen molar-refractivity contribution in [3.63, 3.8) is 0 Å². The van der Waals surface area contributed by atoms with Gasteiger partial charge >= 0.3 is 10.1 Å². The first kappa shape index (κ1) is 19.1. The third kappa shape index (κ3) is 4.54. The van der Waals surface area contributed by atoms with Crippen LogP contribution >= 0.6 is 0 Å². The molecule has 1 fully saturated rings. The van der Waals surface area contributed by atoms with Gasteiger partial charge in [-0.3, -0.25) is 4.79 Å². The molecule has 2 aromatic rings. The van der Waals surface area contributed by atoms with Gasteiger partial charge in [0.15, 0.2) is 5.78 Å². The van der Waals surface area contributed by atoms with Gasteiger partial charge in [-0.2, -0.15) is 13.7 Å². The summed E-state index contributed by atoms with van der Waals surface area (Å²) >= 11 is 0. The lowest BCUT2D eigenvalue weighted by Crippen LogP contribution is -2.33. The van der Waals surface area contributed by atoms with Gasteiger partial charge in [0.05, 0.1) is 11.6 Å². The summed E-state index contributed by atoms with van der Waals surface area (Å²) in [6, 6.07) is 13.7. The third-order valence-electron chi connectivity index (χ3n) is 4.69. The summed E-state index contributed by atoms with van der Waals surface area (Å²) in [5.74, 6) is 0.0639. The standard InChI is InChI=1S/C20H20N2O4S/c1-22-11-9-16(10-12-22)20(23)17-3-2-4-18(13-17)26-27(24,25)19-7-5-15(14-21)6-8-19/h2-8,13,16H,9-12H2,1H3. The maximum atomic E-state index is 12.7. The van der Waals surface area contributed by atoms with Crippen LogP contribution in [0.3, 0.4) is 0 Å². The van der Waals surface area contributed by atoms with Crippen molar-refractivity contribution in [2.24, 2.45) is 5.92 Å². The van der Waals surface area contributed by atoms with Crippen molar-refractivity contribution in [3.05, 3.63) is 59.7 Å². The van der Waals surface area contributed by atoms with E-state index in [-0.39, 0.29) is 22.3 Å². The maximum absolute atomic E-state index is 12.7. The molecule has 0 aromatic heterocycles. The second-order valence-electron chi connectivity index (χ2n) is 6.64. The highest BCUT2D eigenvalue weighted by Gasteiger charge is 2.25. The number of ketones is 1. The minimum absolute atomic E-state index is 0.0179. The average Bonchev–Trinajstić information content (AvgIpc) is 2.68. The van der Waals surface area contributed by atoms with Crippen molar-refractivity contribution >= 4 is 15.9 Å². The molecule has 0 aliphatic carbocycles. The van der Waals surface area contributed by atoms with Crippen molar-refractivity contribution in [2.45, 2.75) is 17.7 Å². The molecule has 0 N–H and O–H groups in total. The van der Waals surface area contributed by atoms with Crippen LogP contribution in [0, 0.1) is 17.2 Å². The maximum Gasteiger partial charge on any atom is 0.339 e. The van der Waals surface area contributed by atoms with E-state index in [0.717, 1.165) is 25.9 Å². The molecule has 0 saturated carbocycles. The molecule has 1 aliphatic heterocycles. The number of carbonyl (C=O) groups excluding carboxylic acids is 1. The molecule has 2 aromatic carbocycles. The molecule has 0 amide bonds. The lowest BCUT2D eigenvalue weighted by molar-refractivity contribution is 0.0856. The monoisotopic (exact) mass is 384 g/mol. The number of hydrogen-bond donors (Lipinski definition) is 0. The Bertz CT molecular complexity index is 970. The molecule has 7 heteroatoms. The number of nitriles is 1. The quantitative estimate of drug-likeness (QED) is 0.582. The summed E-state index contributed by atoms with van der Waals surface area (Å²) in [6.07, 6.45) is 1.59. The number of piperidine rings is 1. The second kappa shape index (κ2) is 7.91. The summed E-state index contributed by atoms with van der Waals surface area (Å²) in [4.78, 5) is 14.9. The normalized spacial score (nSPS) is 15.9. The minimum atomic E-state index is -4.04. The van der Waals surface area contributed by atoms with E-state index in [1.165, 1.54) is 36.4 Å². The molecule has 0 unspecified atom stereocenters. The van der Waals surface area contributed by atoms with Gasteiger partial charge < -0.3 is 9.08 Å². The fourth-order valence-corrected chi connectivity index (χ4v) is 4.00. The van der Waals surface area contributed by atoms with Crippen molar-refractivity contribution in [2.75, 3.05) is 20.1 Å². The van der Waals surface area contributed by atoms with Gasteiger partial charge in [0.1, 0.15) is 10.6 Å². The van der Waals surface area contributed by atoms with Crippen LogP contribution in [0.2, 0.25) is 0 Å². The Morgan fingerprint density at radius 2 is 1.81 bits per heavy atom. The minimum Gasteiger partial charge on any atom is -0.379 e. The first-order valence-electron chi connectivity index (χ1n) is 8.66. The first-order valence-corrected chi connectivity index (χ1v) is 10.1. The third-order valence-corrected chi connectivity index (χ3v) is 5.95. The molecule has 0 spiro atoms. The van der Waals surface area contributed by atoms with Gasteiger partial charge in [0.25, 0.3) is 0 Å². The molecule has 0 atom stereocenters. The van der Waals surface area contributed by atoms with Crippen LogP contribution in [0.1, 0.15) is 28.8 Å². The number of hydrogen-bond acceptors (Lipinski definition) is 6. The van der Waals surface area contributed by atoms with Crippen LogP contribution in [0.15, 0.2) is 53.4 Å². The summed E-state index contributed by atoms with van der Waals surface area (Å²) in [6.45, 7) is 1.75. The van der Waals surface area contributed by atoms with Crippen LogP contribution in [0.4, 0.5) is 0 Å². The molecular formula is C20H20N2O4S. The number of nitrogens with zero attached hydrogens (tertiary/aromatic N) is 2. The SMILES string of the molecule is CN1CCC(C(=O)c2cccc(OS(=O)(=O)c3ccc(C#N)cc3)c2)CC1. The lowest BCUT2D eigenvalue weighted by atomic mass is 9.89. The largest absolute Gasteiger partial charge is 0.379 e. The van der Waals surface area contributed by atoms with Gasteiger partial charge in [-0.05, 0) is 69.4 Å². The van der Waals surface area contributed by atoms with Gasteiger partial charge in [-0.15, -0.1) is 0 Å². The molecular weight excluding hydrogens is 364 g/mol. The predicted octanol–water partition coefficient (Wildman–Crippen LogP) is 2.85. The summed E-state index contributed by atoms with van der Waals surface area (Å²) < 4.78 is 30.0. The number of rotatable bonds is 5. The molecule has 1 aliphatic rings. The van der Waals surface area contributed by atoms with Gasteiger partial charge in [-0.1, -0.05) is 12.1 Å². The Labute approximate surface area is 159 Å². The van der Waals surface area contributed by atoms with E-state index in [9.17, 15) is 13.2 Å². The Hall–Kier alpha value is -2.69. The van der Waals surface area contributed by atoms with Crippen molar-refractivity contribution < 1.29 is 17.4 Å². The van der Waals surface area contributed by atoms with E-state index in [4.69, 9.17) is 9.44 Å². The van der Waals surface area contributed by atoms with E-state index in [2.05, 4.69) is 4.90 Å². The molecule has 0 bridgehead atoms. The molecule has 1 saturated heterocycles. The number of Topliss-reactive ketones (excluding diaryl/α,β-unsaturated/α-hetero) is 1. The molecule has 27 heavy (non-hydrogen) atoms. The summed E-state index contributed by atoms with van der Waals surface area (Å²) in [7, 11) is -2.01. The predicted molar refractivity (Wildman–Crippen MR) is 100.0 cm³/mol. The Balaban J connectivity index is 1.77. The van der Waals surface area contributed by atoms with Crippen LogP contribution < -0.4 is 4.18 Å². The Kier molecular flexibility index (Phi) is 5.59. The summed E-state index contributed by atoms with van der Waals surface area (Å²) in [5.41, 5.74) is 0.816. The zero-order valence-corrected chi connectivity index (χ0v) is 15.8. The highest BCUT2D eigenvalue weighted by molar-refractivity contribution is 7.87. The topological polar surface area (TPSA) is 87.5 Å². The highest BCUT2D eigenvalue weighted by atomic mass is 32.2. The van der Waals surface area contributed by atoms with Crippen molar-refractivity contribution in [1.82, 2.24) is 4.90 Å². The lowest BCUT2D eigenvalue weighted by Gasteiger charge is -2.28. The van der Waals surface area contributed by atoms with Gasteiger partial charge in [0.2, 0.25) is 0 Å². The smallest absolute Gasteiger partial charge is 0.339 e. The van der Waals surface area contributed by atoms with E-state index in [1.54, 1.807) is 12.1 Å². The van der Waals surface area contributed by atoms with Crippen molar-refractivity contribution in [1.29, 1.82) is 5.26 Å². The van der Waals surface area contributed by atoms with E-state index in [0.29, 0.717) is 11.1 Å². The van der Waals surface area contributed by atoms with E-state index in [1.807, 2.05) is 13.1 Å². The Morgan fingerprint density at radius 1 is 1.15 bits per heavy atom. The first-order chi connectivity index (χ1) is 12.9. The van der Waals surface area contributed by atoms with Crippen LogP contribution in [0.5, 0.6) is 5.75 Å². The number of benzene rings is 2. The van der Waals surface area contributed by atoms with Crippen LogP contribution in [-0.4, -0.2) is 39.2 Å². The van der Waals surface area contributed by atoms with E-state index >= 15 is 0 Å². The zero-order chi connectivity index (χ0) is 19.4. The average molecular weight is 384 g/mol. The van der Waals surface area contributed by atoms with Gasteiger partial charge in [-0.25, -0.2) is 0 Å². The molecule has 140 valence electrons. The molecule has 6 nitrogen and oxygen atoms in total. The van der Waals surface area contributed by atoms with Crippen molar-refractivity contribution in [3.8, 4) is 11.8 Å². The fourth-order valence-electron chi connectivity index (χ4n) is 3.08. The van der Waals surface area contributed by atoms with Gasteiger partial charge in [0, 0.05) is 11.5 Å².